The molecule has 16 heavy (non-hydrogen) atoms. The molecule has 0 saturated heterocycles. The van der Waals surface area contributed by atoms with Gasteiger partial charge >= 0.3 is 0 Å². The molecular weight excluding hydrogens is 196 g/mol. The van der Waals surface area contributed by atoms with Gasteiger partial charge in [0, 0.05) is 25.1 Å². The Kier molecular flexibility index (Phi) is 4.65. The van der Waals surface area contributed by atoms with Crippen LogP contribution in [0.2, 0.25) is 0 Å². The van der Waals surface area contributed by atoms with E-state index in [1.165, 1.54) is 11.3 Å². The summed E-state index contributed by atoms with van der Waals surface area (Å²) < 4.78 is 0. The first-order valence-electron chi connectivity index (χ1n) is 5.68. The van der Waals surface area contributed by atoms with Crippen LogP contribution in [-0.2, 0) is 0 Å². The van der Waals surface area contributed by atoms with Crippen molar-refractivity contribution in [1.82, 2.24) is 4.90 Å². The maximum atomic E-state index is 3.82. The van der Waals surface area contributed by atoms with E-state index in [-0.39, 0.29) is 0 Å². The average molecular weight is 216 g/mol. The number of hydrogen-bond acceptors (Lipinski definition) is 2. The van der Waals surface area contributed by atoms with E-state index in [0.29, 0.717) is 0 Å². The van der Waals surface area contributed by atoms with Gasteiger partial charge in [0.2, 0.25) is 0 Å². The molecule has 0 atom stereocenters. The zero-order chi connectivity index (χ0) is 12.0. The molecule has 0 aromatic heterocycles. The van der Waals surface area contributed by atoms with Crippen molar-refractivity contribution < 1.29 is 0 Å². The van der Waals surface area contributed by atoms with Gasteiger partial charge in [-0.05, 0) is 11.6 Å². The van der Waals surface area contributed by atoms with E-state index in [2.05, 4.69) is 54.0 Å². The lowest BCUT2D eigenvalue weighted by Gasteiger charge is -2.20. The number of rotatable bonds is 2. The quantitative estimate of drug-likeness (QED) is 0.746. The van der Waals surface area contributed by atoms with Crippen molar-refractivity contribution in [2.75, 3.05) is 18.6 Å². The van der Waals surface area contributed by atoms with Gasteiger partial charge in [-0.1, -0.05) is 44.7 Å². The Hall–Kier alpha value is -1.70. The molecule has 1 aromatic rings. The highest BCUT2D eigenvalue weighted by atomic mass is 15.3. The molecule has 0 N–H and O–H groups in total. The Morgan fingerprint density at radius 3 is 2.44 bits per heavy atom. The highest BCUT2D eigenvalue weighted by molar-refractivity contribution is 5.68. The summed E-state index contributed by atoms with van der Waals surface area (Å²) in [7, 11) is 2.06. The smallest absolute Gasteiger partial charge is 0.0939 e. The minimum Gasteiger partial charge on any atom is -0.361 e. The van der Waals surface area contributed by atoms with Gasteiger partial charge in [0.1, 0.15) is 0 Å². The topological polar surface area (TPSA) is 6.48 Å². The molecule has 0 unspecified atom stereocenters. The fourth-order valence-electron chi connectivity index (χ4n) is 1.61. The first kappa shape index (κ1) is 12.4. The molecule has 2 rings (SSSR count). The summed E-state index contributed by atoms with van der Waals surface area (Å²) >= 11 is 0. The molecule has 2 nitrogen and oxygen atoms in total. The third-order valence-corrected chi connectivity index (χ3v) is 2.34. The summed E-state index contributed by atoms with van der Waals surface area (Å²) in [5.41, 5.74) is 2.38. The van der Waals surface area contributed by atoms with Gasteiger partial charge in [-0.15, -0.1) is 0 Å². The average Bonchev–Trinajstić information content (AvgIpc) is 2.78. The molecule has 1 aromatic carbocycles. The van der Waals surface area contributed by atoms with Gasteiger partial charge in [-0.25, -0.2) is 0 Å². The van der Waals surface area contributed by atoms with Crippen molar-refractivity contribution in [1.29, 1.82) is 0 Å². The van der Waals surface area contributed by atoms with Crippen LogP contribution < -0.4 is 4.90 Å². The summed E-state index contributed by atoms with van der Waals surface area (Å²) in [6.45, 7) is 8.73. The van der Waals surface area contributed by atoms with E-state index in [1.807, 2.05) is 26.0 Å². The first-order chi connectivity index (χ1) is 7.81. The SMILES string of the molecule is C=Cc1ccccc1N1C=CN(C)C1.CC. The van der Waals surface area contributed by atoms with Crippen LogP contribution >= 0.6 is 0 Å². The van der Waals surface area contributed by atoms with E-state index < -0.39 is 0 Å². The van der Waals surface area contributed by atoms with E-state index in [1.54, 1.807) is 0 Å². The summed E-state index contributed by atoms with van der Waals surface area (Å²) in [5, 5.41) is 0. The zero-order valence-electron chi connectivity index (χ0n) is 10.4. The van der Waals surface area contributed by atoms with E-state index in [4.69, 9.17) is 0 Å². The highest BCUT2D eigenvalue weighted by Gasteiger charge is 2.11. The number of benzene rings is 1. The zero-order valence-corrected chi connectivity index (χ0v) is 10.4. The summed E-state index contributed by atoms with van der Waals surface area (Å²) in [5.74, 6) is 0. The minimum atomic E-state index is 0.908. The molecule has 1 aliphatic heterocycles. The van der Waals surface area contributed by atoms with E-state index in [9.17, 15) is 0 Å². The number of anilines is 1. The Morgan fingerprint density at radius 1 is 1.19 bits per heavy atom. The summed E-state index contributed by atoms with van der Waals surface area (Å²) in [4.78, 5) is 4.34. The third kappa shape index (κ3) is 2.66. The molecule has 0 radical (unpaired) electrons. The lowest BCUT2D eigenvalue weighted by Crippen LogP contribution is -2.22. The van der Waals surface area contributed by atoms with Gasteiger partial charge in [-0.2, -0.15) is 0 Å². The molecule has 0 saturated carbocycles. The normalized spacial score (nSPS) is 13.4. The van der Waals surface area contributed by atoms with Crippen LogP contribution in [0.15, 0.2) is 43.2 Å². The molecule has 0 fully saturated rings. The Balaban J connectivity index is 0.000000606. The van der Waals surface area contributed by atoms with Crippen molar-refractivity contribution in [3.05, 3.63) is 48.8 Å². The fourth-order valence-corrected chi connectivity index (χ4v) is 1.61. The number of nitrogens with zero attached hydrogens (tertiary/aromatic N) is 2. The standard InChI is InChI=1S/C12H14N2.C2H6/c1-3-11-6-4-5-7-12(11)14-9-8-13(2)10-14;1-2/h3-9H,1,10H2,2H3;1-2H3. The van der Waals surface area contributed by atoms with Gasteiger partial charge in [-0.3, -0.25) is 0 Å². The predicted molar refractivity (Wildman–Crippen MR) is 72.1 cm³/mol. The summed E-state index contributed by atoms with van der Waals surface area (Å²) in [6.07, 6.45) is 6.05. The molecule has 1 aliphatic rings. The second-order valence-electron chi connectivity index (χ2n) is 3.43. The summed E-state index contributed by atoms with van der Waals surface area (Å²) in [6, 6.07) is 8.27. The third-order valence-electron chi connectivity index (χ3n) is 2.34. The maximum absolute atomic E-state index is 3.82. The van der Waals surface area contributed by atoms with Crippen molar-refractivity contribution in [2.45, 2.75) is 13.8 Å². The molecule has 1 heterocycles. The van der Waals surface area contributed by atoms with Crippen molar-refractivity contribution in [3.63, 3.8) is 0 Å². The first-order valence-corrected chi connectivity index (χ1v) is 5.68. The van der Waals surface area contributed by atoms with Gasteiger partial charge in [0.25, 0.3) is 0 Å². The molecule has 0 amide bonds. The lowest BCUT2D eigenvalue weighted by molar-refractivity contribution is 0.495. The Labute approximate surface area is 98.5 Å². The second-order valence-corrected chi connectivity index (χ2v) is 3.43. The lowest BCUT2D eigenvalue weighted by atomic mass is 10.1. The second kappa shape index (κ2) is 6.01. The molecule has 86 valence electrons. The minimum absolute atomic E-state index is 0.908. The van der Waals surface area contributed by atoms with E-state index >= 15 is 0 Å². The van der Waals surface area contributed by atoms with Crippen LogP contribution in [0.4, 0.5) is 5.69 Å². The van der Waals surface area contributed by atoms with Crippen LogP contribution in [0.3, 0.4) is 0 Å². The molecule has 0 bridgehead atoms. The van der Waals surface area contributed by atoms with Gasteiger partial charge in [0.05, 0.1) is 6.67 Å². The van der Waals surface area contributed by atoms with Crippen LogP contribution in [0.1, 0.15) is 19.4 Å². The molecule has 2 heteroatoms. The van der Waals surface area contributed by atoms with Crippen molar-refractivity contribution in [2.24, 2.45) is 0 Å². The van der Waals surface area contributed by atoms with Crippen LogP contribution in [-0.4, -0.2) is 18.6 Å². The van der Waals surface area contributed by atoms with Crippen molar-refractivity contribution in [3.8, 4) is 0 Å². The number of hydrogen-bond donors (Lipinski definition) is 0. The molecule has 0 spiro atoms. The largest absolute Gasteiger partial charge is 0.361 e. The van der Waals surface area contributed by atoms with Crippen LogP contribution in [0.25, 0.3) is 6.08 Å². The monoisotopic (exact) mass is 216 g/mol. The Bertz CT molecular complexity index is 369. The van der Waals surface area contributed by atoms with E-state index in [0.717, 1.165) is 6.67 Å². The van der Waals surface area contributed by atoms with Crippen molar-refractivity contribution >= 4 is 11.8 Å². The van der Waals surface area contributed by atoms with Crippen LogP contribution in [0.5, 0.6) is 0 Å². The fraction of sp³-hybridized carbons (Fsp3) is 0.286. The predicted octanol–water partition coefficient (Wildman–Crippen LogP) is 3.54. The highest BCUT2D eigenvalue weighted by Crippen LogP contribution is 2.23. The van der Waals surface area contributed by atoms with Gasteiger partial charge in [0.15, 0.2) is 0 Å². The molecule has 0 aliphatic carbocycles. The number of para-hydroxylation sites is 1. The van der Waals surface area contributed by atoms with Crippen LogP contribution in [0, 0.1) is 0 Å². The molecular formula is C14H20N2. The van der Waals surface area contributed by atoms with Gasteiger partial charge < -0.3 is 9.80 Å². The Morgan fingerprint density at radius 2 is 1.88 bits per heavy atom. The maximum Gasteiger partial charge on any atom is 0.0939 e.